The number of allylic oxidation sites excluding steroid dienone is 3. The van der Waals surface area contributed by atoms with Crippen molar-refractivity contribution in [2.24, 2.45) is 0 Å². The van der Waals surface area contributed by atoms with Crippen molar-refractivity contribution >= 4 is 19.8 Å². The Morgan fingerprint density at radius 3 is 2.67 bits per heavy atom. The second-order valence-corrected chi connectivity index (χ2v) is 3.85. The van der Waals surface area contributed by atoms with E-state index < -0.39 is 0 Å². The first-order chi connectivity index (χ1) is 2.89. The van der Waals surface area contributed by atoms with Gasteiger partial charge in [0.1, 0.15) is 0 Å². The third-order valence-corrected chi connectivity index (χ3v) is 2.54. The summed E-state index contributed by atoms with van der Waals surface area (Å²) in [7, 11) is 0. The minimum absolute atomic E-state index is 0.139. The van der Waals surface area contributed by atoms with Gasteiger partial charge in [0.05, 0.1) is 0 Å². The summed E-state index contributed by atoms with van der Waals surface area (Å²) in [6.45, 7) is 3.79. The van der Waals surface area contributed by atoms with Gasteiger partial charge in [0, 0.05) is 0 Å². The van der Waals surface area contributed by atoms with Crippen LogP contribution in [0.25, 0.3) is 0 Å². The standard InChI is InChI=1S/C5H5Ge/c1-5-3-2-4-6-5/h2-4H,1H2. The predicted octanol–water partition coefficient (Wildman–Crippen LogP) is 0.576. The average molecular weight is 138 g/mol. The second-order valence-electron chi connectivity index (χ2n) is 1.20. The van der Waals surface area contributed by atoms with Crippen LogP contribution in [0.4, 0.5) is 0 Å². The van der Waals surface area contributed by atoms with Gasteiger partial charge < -0.3 is 0 Å². The summed E-state index contributed by atoms with van der Waals surface area (Å²) in [5.41, 5.74) is 0. The van der Waals surface area contributed by atoms with E-state index in [2.05, 4.69) is 23.6 Å². The van der Waals surface area contributed by atoms with Crippen molar-refractivity contribution in [2.45, 2.75) is 0 Å². The molecule has 29 valence electrons. The molecular formula is C5H5Ge. The summed E-state index contributed by atoms with van der Waals surface area (Å²) in [4.78, 5) is 2.22. The molecule has 0 spiro atoms. The average Bonchev–Trinajstić information content (AvgIpc) is 1.86. The van der Waals surface area contributed by atoms with Crippen LogP contribution in [0.3, 0.4) is 0 Å². The minimum atomic E-state index is 0.139. The molecule has 0 unspecified atom stereocenters. The van der Waals surface area contributed by atoms with Gasteiger partial charge in [0.15, 0.2) is 0 Å². The van der Waals surface area contributed by atoms with Crippen molar-refractivity contribution in [1.82, 2.24) is 0 Å². The molecule has 0 aromatic rings. The molecule has 0 amide bonds. The summed E-state index contributed by atoms with van der Waals surface area (Å²) in [5, 5.41) is 0. The molecule has 0 fully saturated rings. The Morgan fingerprint density at radius 1 is 1.67 bits per heavy atom. The first-order valence-electron chi connectivity index (χ1n) is 1.85. The van der Waals surface area contributed by atoms with E-state index in [1.807, 2.05) is 0 Å². The molecule has 1 rings (SSSR count). The maximum absolute atomic E-state index is 3.79. The predicted molar refractivity (Wildman–Crippen MR) is 30.1 cm³/mol. The van der Waals surface area contributed by atoms with Crippen molar-refractivity contribution in [3.63, 3.8) is 0 Å². The van der Waals surface area contributed by atoms with Crippen molar-refractivity contribution in [2.75, 3.05) is 0 Å². The molecule has 0 aromatic carbocycles. The molecule has 0 nitrogen and oxygen atoms in total. The first kappa shape index (κ1) is 4.06. The third kappa shape index (κ3) is 0.686. The van der Waals surface area contributed by atoms with Gasteiger partial charge in [0.25, 0.3) is 0 Å². The molecule has 1 heterocycles. The Balaban J connectivity index is 2.86. The SMILES string of the molecule is C=[C]1C=C[CH]=[Ge]1. The zero-order valence-electron chi connectivity index (χ0n) is 3.44. The van der Waals surface area contributed by atoms with Crippen molar-refractivity contribution in [1.29, 1.82) is 0 Å². The Bertz CT molecular complexity index is 106. The molecule has 1 radical (unpaired) electrons. The fourth-order valence-corrected chi connectivity index (χ4v) is 1.62. The van der Waals surface area contributed by atoms with Gasteiger partial charge in [-0.3, -0.25) is 0 Å². The Hall–Kier alpha value is -0.107. The summed E-state index contributed by atoms with van der Waals surface area (Å²) in [5.74, 6) is 0. The van der Waals surface area contributed by atoms with Crippen LogP contribution in [-0.4, -0.2) is 19.8 Å². The molecular weight excluding hydrogens is 133 g/mol. The first-order valence-corrected chi connectivity index (χ1v) is 4.11. The topological polar surface area (TPSA) is 0 Å². The molecule has 0 N–H and O–H groups in total. The fraction of sp³-hybridized carbons (Fsp3) is 0. The summed E-state index contributed by atoms with van der Waals surface area (Å²) < 4.78 is 1.34. The summed E-state index contributed by atoms with van der Waals surface area (Å²) in [6, 6.07) is 0. The molecule has 0 saturated heterocycles. The van der Waals surface area contributed by atoms with Crippen LogP contribution in [-0.2, 0) is 0 Å². The van der Waals surface area contributed by atoms with Gasteiger partial charge >= 0.3 is 43.0 Å². The number of hydrogen-bond acceptors (Lipinski definition) is 0. The molecule has 0 aromatic heterocycles. The van der Waals surface area contributed by atoms with Crippen LogP contribution in [0, 0.1) is 0 Å². The van der Waals surface area contributed by atoms with Crippen LogP contribution >= 0.6 is 0 Å². The second kappa shape index (κ2) is 1.56. The van der Waals surface area contributed by atoms with Gasteiger partial charge in [-0.1, -0.05) is 0 Å². The zero-order valence-corrected chi connectivity index (χ0v) is 5.54. The summed E-state index contributed by atoms with van der Waals surface area (Å²) in [6.07, 6.45) is 4.17. The van der Waals surface area contributed by atoms with E-state index in [0.29, 0.717) is 0 Å². The van der Waals surface area contributed by atoms with Crippen LogP contribution in [0.15, 0.2) is 23.1 Å². The van der Waals surface area contributed by atoms with E-state index in [-0.39, 0.29) is 15.0 Å². The van der Waals surface area contributed by atoms with Gasteiger partial charge in [-0.05, 0) is 0 Å². The number of rotatable bonds is 0. The molecule has 1 heteroatoms. The Labute approximate surface area is 43.6 Å². The maximum atomic E-state index is 3.79. The molecule has 0 aliphatic carbocycles. The van der Waals surface area contributed by atoms with Crippen LogP contribution in [0.2, 0.25) is 0 Å². The summed E-state index contributed by atoms with van der Waals surface area (Å²) >= 11 is 0.139. The van der Waals surface area contributed by atoms with Crippen molar-refractivity contribution in [3.8, 4) is 0 Å². The quantitative estimate of drug-likeness (QED) is 0.429. The normalized spacial score (nSPS) is 17.0. The van der Waals surface area contributed by atoms with E-state index in [1.54, 1.807) is 0 Å². The van der Waals surface area contributed by atoms with Gasteiger partial charge in [-0.2, -0.15) is 0 Å². The Morgan fingerprint density at radius 2 is 2.50 bits per heavy atom. The van der Waals surface area contributed by atoms with Crippen molar-refractivity contribution in [3.05, 3.63) is 23.1 Å². The van der Waals surface area contributed by atoms with Gasteiger partial charge in [0.2, 0.25) is 0 Å². The molecule has 0 saturated carbocycles. The van der Waals surface area contributed by atoms with Crippen LogP contribution < -0.4 is 0 Å². The molecule has 1 aliphatic rings. The van der Waals surface area contributed by atoms with Crippen LogP contribution in [0.1, 0.15) is 0 Å². The monoisotopic (exact) mass is 139 g/mol. The molecule has 0 bridgehead atoms. The van der Waals surface area contributed by atoms with Gasteiger partial charge in [-0.25, -0.2) is 0 Å². The van der Waals surface area contributed by atoms with E-state index in [4.69, 9.17) is 0 Å². The van der Waals surface area contributed by atoms with E-state index >= 15 is 0 Å². The van der Waals surface area contributed by atoms with Crippen LogP contribution in [0.5, 0.6) is 0 Å². The molecule has 0 atom stereocenters. The van der Waals surface area contributed by atoms with Crippen molar-refractivity contribution < 1.29 is 0 Å². The Kier molecular flexibility index (Phi) is 1.06. The fourth-order valence-electron chi connectivity index (χ4n) is 0.368. The van der Waals surface area contributed by atoms with E-state index in [1.165, 1.54) is 4.41 Å². The van der Waals surface area contributed by atoms with E-state index in [9.17, 15) is 0 Å². The number of hydrogen-bond donors (Lipinski definition) is 0. The zero-order chi connectivity index (χ0) is 4.41. The van der Waals surface area contributed by atoms with Gasteiger partial charge in [-0.15, -0.1) is 0 Å². The molecule has 1 aliphatic heterocycles. The van der Waals surface area contributed by atoms with E-state index in [0.717, 1.165) is 0 Å². The molecule has 6 heavy (non-hydrogen) atoms. The third-order valence-electron chi connectivity index (χ3n) is 0.662.